The molecule has 0 saturated heterocycles. The zero-order valence-corrected chi connectivity index (χ0v) is 18.8. The molecule has 29 heavy (non-hydrogen) atoms. The Labute approximate surface area is 175 Å². The molecule has 8 atom stereocenters. The van der Waals surface area contributed by atoms with Gasteiger partial charge < -0.3 is 14.9 Å². The van der Waals surface area contributed by atoms with Gasteiger partial charge in [0, 0.05) is 11.0 Å². The van der Waals surface area contributed by atoms with Gasteiger partial charge in [0.15, 0.2) is 0 Å². The van der Waals surface area contributed by atoms with E-state index in [1.807, 2.05) is 0 Å². The molecule has 4 heteroatoms. The quantitative estimate of drug-likeness (QED) is 0.595. The number of aliphatic hydroxyl groups excluding tert-OH is 2. The maximum absolute atomic E-state index is 12.7. The molecule has 0 aromatic rings. The molecule has 2 N–H and O–H groups in total. The third kappa shape index (κ3) is 2.26. The normalized spacial score (nSPS) is 53.5. The van der Waals surface area contributed by atoms with E-state index in [0.29, 0.717) is 24.4 Å². The molecule has 4 nitrogen and oxygen atoms in total. The van der Waals surface area contributed by atoms with Crippen LogP contribution in [0.2, 0.25) is 0 Å². The number of aliphatic hydroxyl groups is 2. The van der Waals surface area contributed by atoms with Gasteiger partial charge in [-0.2, -0.15) is 0 Å². The van der Waals surface area contributed by atoms with Gasteiger partial charge in [-0.3, -0.25) is 0 Å². The van der Waals surface area contributed by atoms with Gasteiger partial charge in [-0.05, 0) is 84.5 Å². The van der Waals surface area contributed by atoms with E-state index in [0.717, 1.165) is 56.1 Å². The number of ether oxygens (including phenoxy) is 1. The van der Waals surface area contributed by atoms with E-state index in [9.17, 15) is 15.0 Å². The van der Waals surface area contributed by atoms with Crippen LogP contribution in [0.4, 0.5) is 0 Å². The van der Waals surface area contributed by atoms with Crippen molar-refractivity contribution in [3.05, 3.63) is 11.1 Å². The molecule has 162 valence electrons. The van der Waals surface area contributed by atoms with Gasteiger partial charge in [0.25, 0.3) is 0 Å². The Morgan fingerprint density at radius 1 is 0.862 bits per heavy atom. The molecule has 0 bridgehead atoms. The zero-order valence-electron chi connectivity index (χ0n) is 18.8. The predicted octanol–water partition coefficient (Wildman–Crippen LogP) is 4.24. The molecular weight excluding hydrogens is 364 g/mol. The minimum atomic E-state index is -0.507. The van der Waals surface area contributed by atoms with E-state index in [1.54, 1.807) is 0 Å². The average molecular weight is 403 g/mol. The Hall–Kier alpha value is -0.870. The van der Waals surface area contributed by atoms with Gasteiger partial charge in [-0.15, -0.1) is 0 Å². The summed E-state index contributed by atoms with van der Waals surface area (Å²) >= 11 is 0. The molecule has 3 saturated carbocycles. The van der Waals surface area contributed by atoms with Crippen molar-refractivity contribution in [2.45, 2.75) is 91.8 Å². The van der Waals surface area contributed by atoms with Crippen molar-refractivity contribution in [1.29, 1.82) is 0 Å². The van der Waals surface area contributed by atoms with Crippen molar-refractivity contribution in [3.8, 4) is 0 Å². The van der Waals surface area contributed by atoms with Crippen molar-refractivity contribution < 1.29 is 19.7 Å². The second-order valence-electron chi connectivity index (χ2n) is 12.2. The Balaban J connectivity index is 1.59. The van der Waals surface area contributed by atoms with E-state index < -0.39 is 11.5 Å². The number of hydrogen-bond donors (Lipinski definition) is 2. The first-order chi connectivity index (χ1) is 13.5. The van der Waals surface area contributed by atoms with Crippen LogP contribution < -0.4 is 0 Å². The predicted molar refractivity (Wildman–Crippen MR) is 111 cm³/mol. The second kappa shape index (κ2) is 5.88. The van der Waals surface area contributed by atoms with Crippen molar-refractivity contribution in [2.75, 3.05) is 6.61 Å². The van der Waals surface area contributed by atoms with Crippen LogP contribution in [-0.2, 0) is 9.53 Å². The van der Waals surface area contributed by atoms with Gasteiger partial charge in [0.1, 0.15) is 6.61 Å². The van der Waals surface area contributed by atoms with Crippen molar-refractivity contribution in [2.24, 2.45) is 39.4 Å². The Morgan fingerprint density at radius 3 is 2.24 bits per heavy atom. The van der Waals surface area contributed by atoms with Crippen LogP contribution in [0.25, 0.3) is 0 Å². The van der Waals surface area contributed by atoms with Gasteiger partial charge in [-0.1, -0.05) is 34.6 Å². The molecule has 0 spiro atoms. The van der Waals surface area contributed by atoms with Gasteiger partial charge in [0.2, 0.25) is 0 Å². The highest BCUT2D eigenvalue weighted by Gasteiger charge is 2.69. The minimum Gasteiger partial charge on any atom is -0.458 e. The summed E-state index contributed by atoms with van der Waals surface area (Å²) in [5.74, 6) is 1.02. The van der Waals surface area contributed by atoms with Gasteiger partial charge in [-0.25, -0.2) is 4.79 Å². The Kier molecular flexibility index (Phi) is 4.07. The van der Waals surface area contributed by atoms with E-state index in [1.165, 1.54) is 0 Å². The number of hydrogen-bond acceptors (Lipinski definition) is 4. The summed E-state index contributed by atoms with van der Waals surface area (Å²) in [5, 5.41) is 22.3. The largest absolute Gasteiger partial charge is 0.458 e. The summed E-state index contributed by atoms with van der Waals surface area (Å²) in [6.07, 6.45) is 6.13. The van der Waals surface area contributed by atoms with Crippen LogP contribution in [0.3, 0.4) is 0 Å². The minimum absolute atomic E-state index is 0.0858. The van der Waals surface area contributed by atoms with Crippen LogP contribution in [0, 0.1) is 39.4 Å². The van der Waals surface area contributed by atoms with Crippen molar-refractivity contribution in [1.82, 2.24) is 0 Å². The lowest BCUT2D eigenvalue weighted by Gasteiger charge is -2.70. The second-order valence-corrected chi connectivity index (χ2v) is 12.2. The SMILES string of the molecule is CC1(C)[C@@H](O)CC[C@]2(C)[C@H]3C[C@@H](O)[C@]4(C)C5=C(CC[C@H]4[C@]3(C)CC[C@@H]12)COC5=O. The number of rotatable bonds is 0. The average Bonchev–Trinajstić information content (AvgIpc) is 3.03. The fourth-order valence-corrected chi connectivity index (χ4v) is 9.45. The molecule has 0 aromatic carbocycles. The lowest BCUT2D eigenvalue weighted by atomic mass is 9.35. The number of cyclic esters (lactones) is 1. The fraction of sp³-hybridized carbons (Fsp3) is 0.880. The third-order valence-electron chi connectivity index (χ3n) is 11.0. The van der Waals surface area contributed by atoms with Crippen LogP contribution in [0.15, 0.2) is 11.1 Å². The van der Waals surface area contributed by atoms with E-state index >= 15 is 0 Å². The molecule has 1 aliphatic heterocycles. The van der Waals surface area contributed by atoms with E-state index in [4.69, 9.17) is 4.74 Å². The highest BCUT2D eigenvalue weighted by molar-refractivity contribution is 5.93. The highest BCUT2D eigenvalue weighted by Crippen LogP contribution is 2.73. The highest BCUT2D eigenvalue weighted by atomic mass is 16.5. The summed E-state index contributed by atoms with van der Waals surface area (Å²) in [6.45, 7) is 12.0. The van der Waals surface area contributed by atoms with E-state index in [2.05, 4.69) is 34.6 Å². The standard InChI is InChI=1S/C25H38O4/c1-22(2)15-8-10-24(4)16-7-6-14-13-29-21(28)20(14)25(16,5)19(27)12-17(24)23(15,3)11-9-18(22)26/h15-19,26-27H,6-13H2,1-5H3/t15-,16-,17+,18-,19+,23-,24-,25+/m0/s1. The number of fused-ring (bicyclic) bond motifs is 6. The molecule has 3 fully saturated rings. The molecule has 0 aromatic heterocycles. The Bertz CT molecular complexity index is 784. The monoisotopic (exact) mass is 402 g/mol. The molecule has 4 aliphatic carbocycles. The fourth-order valence-electron chi connectivity index (χ4n) is 9.45. The summed E-state index contributed by atoms with van der Waals surface area (Å²) in [4.78, 5) is 12.7. The molecule has 5 aliphatic rings. The first-order valence-corrected chi connectivity index (χ1v) is 11.7. The van der Waals surface area contributed by atoms with Crippen LogP contribution >= 0.6 is 0 Å². The van der Waals surface area contributed by atoms with E-state index in [-0.39, 0.29) is 28.3 Å². The maximum atomic E-state index is 12.7. The van der Waals surface area contributed by atoms with Gasteiger partial charge in [0.05, 0.1) is 12.2 Å². The van der Waals surface area contributed by atoms with Crippen LogP contribution in [-0.4, -0.2) is 35.0 Å². The lowest BCUT2D eigenvalue weighted by molar-refractivity contribution is -0.232. The number of carbonyl (C=O) groups is 1. The molecule has 0 unspecified atom stereocenters. The summed E-state index contributed by atoms with van der Waals surface area (Å²) < 4.78 is 5.42. The Morgan fingerprint density at radius 2 is 1.52 bits per heavy atom. The smallest absolute Gasteiger partial charge is 0.335 e. The zero-order chi connectivity index (χ0) is 21.0. The first kappa shape index (κ1) is 20.1. The summed E-state index contributed by atoms with van der Waals surface area (Å²) in [6, 6.07) is 0. The molecule has 0 amide bonds. The number of carbonyl (C=O) groups excluding carboxylic acids is 1. The maximum Gasteiger partial charge on any atom is 0.335 e. The van der Waals surface area contributed by atoms with Crippen molar-refractivity contribution >= 4 is 5.97 Å². The first-order valence-electron chi connectivity index (χ1n) is 11.7. The third-order valence-corrected chi connectivity index (χ3v) is 11.0. The van der Waals surface area contributed by atoms with Gasteiger partial charge >= 0.3 is 5.97 Å². The molecule has 0 radical (unpaired) electrons. The molecule has 1 heterocycles. The topological polar surface area (TPSA) is 66.8 Å². The molecular formula is C25H38O4. The number of esters is 1. The molecule has 5 rings (SSSR count). The van der Waals surface area contributed by atoms with Crippen LogP contribution in [0.1, 0.15) is 79.6 Å². The summed E-state index contributed by atoms with van der Waals surface area (Å²) in [7, 11) is 0. The lowest BCUT2D eigenvalue weighted by Crippen LogP contribution is -2.66. The van der Waals surface area contributed by atoms with Crippen LogP contribution in [0.5, 0.6) is 0 Å². The van der Waals surface area contributed by atoms with Crippen molar-refractivity contribution in [3.63, 3.8) is 0 Å². The summed E-state index contributed by atoms with van der Waals surface area (Å²) in [5.41, 5.74) is 1.61.